The SMILES string of the molecule is CCN1CC2CC2(C2Cc3ccccc3N2C)C1.Cl. The van der Waals surface area contributed by atoms with Crippen molar-refractivity contribution >= 4 is 18.1 Å². The summed E-state index contributed by atoms with van der Waals surface area (Å²) in [7, 11) is 2.30. The number of piperidine rings is 1. The predicted octanol–water partition coefficient (Wildman–Crippen LogP) is 2.81. The number of hydrogen-bond donors (Lipinski definition) is 0. The average Bonchev–Trinajstić information content (AvgIpc) is 2.80. The van der Waals surface area contributed by atoms with Crippen LogP contribution in [0.1, 0.15) is 18.9 Å². The van der Waals surface area contributed by atoms with Crippen molar-refractivity contribution in [3.8, 4) is 0 Å². The van der Waals surface area contributed by atoms with Crippen molar-refractivity contribution in [1.82, 2.24) is 4.90 Å². The molecule has 0 radical (unpaired) electrons. The van der Waals surface area contributed by atoms with Gasteiger partial charge in [-0.1, -0.05) is 25.1 Å². The van der Waals surface area contributed by atoms with E-state index in [4.69, 9.17) is 0 Å². The van der Waals surface area contributed by atoms with E-state index < -0.39 is 0 Å². The first-order valence-corrected chi connectivity index (χ1v) is 7.27. The third-order valence-corrected chi connectivity index (χ3v) is 5.64. The maximum Gasteiger partial charge on any atom is 0.0399 e. The molecule has 2 nitrogen and oxygen atoms in total. The van der Waals surface area contributed by atoms with Crippen LogP contribution in [0.25, 0.3) is 0 Å². The van der Waals surface area contributed by atoms with Crippen molar-refractivity contribution in [3.63, 3.8) is 0 Å². The fraction of sp³-hybridized carbons (Fsp3) is 0.625. The molecule has 1 aromatic rings. The summed E-state index contributed by atoms with van der Waals surface area (Å²) >= 11 is 0. The Balaban J connectivity index is 0.00000110. The number of nitrogens with zero attached hydrogens (tertiary/aromatic N) is 2. The van der Waals surface area contributed by atoms with Gasteiger partial charge in [0.05, 0.1) is 0 Å². The summed E-state index contributed by atoms with van der Waals surface area (Å²) in [5.41, 5.74) is 3.64. The van der Waals surface area contributed by atoms with E-state index in [1.165, 1.54) is 38.2 Å². The third kappa shape index (κ3) is 1.73. The second-order valence-corrected chi connectivity index (χ2v) is 6.42. The van der Waals surface area contributed by atoms with Crippen LogP contribution < -0.4 is 4.90 Å². The first kappa shape index (κ1) is 13.3. The smallest absolute Gasteiger partial charge is 0.0399 e. The molecule has 3 aliphatic rings. The van der Waals surface area contributed by atoms with E-state index >= 15 is 0 Å². The molecule has 19 heavy (non-hydrogen) atoms. The highest BCUT2D eigenvalue weighted by molar-refractivity contribution is 5.85. The highest BCUT2D eigenvalue weighted by atomic mass is 35.5. The molecule has 3 heteroatoms. The number of para-hydroxylation sites is 1. The zero-order valence-electron chi connectivity index (χ0n) is 11.8. The van der Waals surface area contributed by atoms with Crippen LogP contribution >= 0.6 is 12.4 Å². The standard InChI is InChI=1S/C16H22N2.ClH/c1-3-18-10-13-9-16(13,11-18)15-8-12-6-4-5-7-14(12)17(15)2;/h4-7,13,15H,3,8-11H2,1-2H3;1H. The Morgan fingerprint density at radius 3 is 2.79 bits per heavy atom. The van der Waals surface area contributed by atoms with E-state index in [0.29, 0.717) is 5.41 Å². The molecule has 2 fully saturated rings. The zero-order valence-corrected chi connectivity index (χ0v) is 12.6. The fourth-order valence-electron chi connectivity index (χ4n) is 4.52. The van der Waals surface area contributed by atoms with Gasteiger partial charge in [0.2, 0.25) is 0 Å². The van der Waals surface area contributed by atoms with Crippen molar-refractivity contribution in [2.75, 3.05) is 31.6 Å². The van der Waals surface area contributed by atoms with Gasteiger partial charge in [-0.25, -0.2) is 0 Å². The Morgan fingerprint density at radius 1 is 1.32 bits per heavy atom. The van der Waals surface area contributed by atoms with Crippen molar-refractivity contribution in [1.29, 1.82) is 0 Å². The summed E-state index contributed by atoms with van der Waals surface area (Å²) in [6, 6.07) is 9.70. The molecule has 0 N–H and O–H groups in total. The number of fused-ring (bicyclic) bond motifs is 2. The topological polar surface area (TPSA) is 6.48 Å². The maximum atomic E-state index is 2.64. The van der Waals surface area contributed by atoms with Crippen LogP contribution in [0.2, 0.25) is 0 Å². The van der Waals surface area contributed by atoms with E-state index in [-0.39, 0.29) is 12.4 Å². The maximum absolute atomic E-state index is 2.64. The molecule has 0 aromatic heterocycles. The van der Waals surface area contributed by atoms with Crippen molar-refractivity contribution in [3.05, 3.63) is 29.8 Å². The summed E-state index contributed by atoms with van der Waals surface area (Å²) in [4.78, 5) is 5.21. The van der Waals surface area contributed by atoms with Gasteiger partial charge in [-0.3, -0.25) is 0 Å². The number of rotatable bonds is 2. The fourth-order valence-corrected chi connectivity index (χ4v) is 4.52. The monoisotopic (exact) mass is 278 g/mol. The minimum absolute atomic E-state index is 0. The lowest BCUT2D eigenvalue weighted by Crippen LogP contribution is -2.40. The summed E-state index contributed by atoms with van der Waals surface area (Å²) in [5, 5.41) is 0. The zero-order chi connectivity index (χ0) is 12.3. The van der Waals surface area contributed by atoms with Crippen LogP contribution in [0.4, 0.5) is 5.69 Å². The second kappa shape index (κ2) is 4.39. The van der Waals surface area contributed by atoms with Gasteiger partial charge in [-0.05, 0) is 36.9 Å². The first-order valence-electron chi connectivity index (χ1n) is 7.27. The quantitative estimate of drug-likeness (QED) is 0.821. The van der Waals surface area contributed by atoms with Gasteiger partial charge >= 0.3 is 0 Å². The summed E-state index contributed by atoms with van der Waals surface area (Å²) in [5.74, 6) is 0.971. The van der Waals surface area contributed by atoms with Crippen LogP contribution in [0, 0.1) is 11.3 Å². The molecule has 4 rings (SSSR count). The second-order valence-electron chi connectivity index (χ2n) is 6.42. The lowest BCUT2D eigenvalue weighted by molar-refractivity contribution is 0.273. The van der Waals surface area contributed by atoms with E-state index in [9.17, 15) is 0 Å². The summed E-state index contributed by atoms with van der Waals surface area (Å²) in [6.45, 7) is 6.20. The number of likely N-dealkylation sites (tertiary alicyclic amines) is 1. The van der Waals surface area contributed by atoms with Crippen LogP contribution in [-0.4, -0.2) is 37.6 Å². The molecule has 0 amide bonds. The Kier molecular flexibility index (Phi) is 3.06. The molecule has 1 saturated heterocycles. The average molecular weight is 279 g/mol. The van der Waals surface area contributed by atoms with Gasteiger partial charge < -0.3 is 9.80 Å². The minimum atomic E-state index is 0. The minimum Gasteiger partial charge on any atom is -0.370 e. The van der Waals surface area contributed by atoms with Gasteiger partial charge in [-0.15, -0.1) is 12.4 Å². The van der Waals surface area contributed by atoms with Gasteiger partial charge in [0.15, 0.2) is 0 Å². The molecular formula is C16H23ClN2. The molecule has 3 atom stereocenters. The normalized spacial score (nSPS) is 35.8. The highest BCUT2D eigenvalue weighted by Gasteiger charge is 2.65. The predicted molar refractivity (Wildman–Crippen MR) is 82.2 cm³/mol. The van der Waals surface area contributed by atoms with Gasteiger partial charge in [-0.2, -0.15) is 0 Å². The van der Waals surface area contributed by atoms with Gasteiger partial charge in [0.25, 0.3) is 0 Å². The largest absolute Gasteiger partial charge is 0.370 e. The highest BCUT2D eigenvalue weighted by Crippen LogP contribution is 2.63. The number of benzene rings is 1. The van der Waals surface area contributed by atoms with E-state index in [2.05, 4.69) is 48.0 Å². The number of likely N-dealkylation sites (N-methyl/N-ethyl adjacent to an activating group) is 1. The Labute approximate surface area is 122 Å². The van der Waals surface area contributed by atoms with Crippen molar-refractivity contribution in [2.45, 2.75) is 25.8 Å². The van der Waals surface area contributed by atoms with Crippen LogP contribution in [0.15, 0.2) is 24.3 Å². The van der Waals surface area contributed by atoms with Crippen LogP contribution in [0.3, 0.4) is 0 Å². The van der Waals surface area contributed by atoms with Crippen LogP contribution in [-0.2, 0) is 6.42 Å². The Morgan fingerprint density at radius 2 is 2.11 bits per heavy atom. The van der Waals surface area contributed by atoms with Crippen molar-refractivity contribution in [2.24, 2.45) is 11.3 Å². The van der Waals surface area contributed by atoms with Crippen molar-refractivity contribution < 1.29 is 0 Å². The molecule has 2 heterocycles. The van der Waals surface area contributed by atoms with E-state index in [1.807, 2.05) is 0 Å². The Hall–Kier alpha value is -0.730. The number of halogens is 1. The molecule has 2 aliphatic heterocycles. The molecule has 3 unspecified atom stereocenters. The van der Waals surface area contributed by atoms with E-state index in [0.717, 1.165) is 12.0 Å². The molecule has 0 bridgehead atoms. The molecular weight excluding hydrogens is 256 g/mol. The lowest BCUT2D eigenvalue weighted by Gasteiger charge is -2.31. The van der Waals surface area contributed by atoms with Crippen LogP contribution in [0.5, 0.6) is 0 Å². The summed E-state index contributed by atoms with van der Waals surface area (Å²) in [6.07, 6.45) is 2.73. The number of anilines is 1. The molecule has 104 valence electrons. The lowest BCUT2D eigenvalue weighted by atomic mass is 9.92. The molecule has 1 aromatic carbocycles. The summed E-state index contributed by atoms with van der Waals surface area (Å²) < 4.78 is 0. The van der Waals surface area contributed by atoms with E-state index in [1.54, 1.807) is 5.56 Å². The molecule has 1 saturated carbocycles. The van der Waals surface area contributed by atoms with Gasteiger partial charge in [0, 0.05) is 37.3 Å². The molecule has 0 spiro atoms. The third-order valence-electron chi connectivity index (χ3n) is 5.64. The first-order chi connectivity index (χ1) is 8.74. The Bertz CT molecular complexity index is 489. The van der Waals surface area contributed by atoms with Gasteiger partial charge in [0.1, 0.15) is 0 Å². The molecule has 1 aliphatic carbocycles. The number of hydrogen-bond acceptors (Lipinski definition) is 2.